The molecule has 0 saturated carbocycles. The highest BCUT2D eigenvalue weighted by atomic mass is 16.2. The zero-order valence-electron chi connectivity index (χ0n) is 11.3. The van der Waals surface area contributed by atoms with Crippen molar-refractivity contribution >= 4 is 11.6 Å². The third kappa shape index (κ3) is 2.37. The van der Waals surface area contributed by atoms with E-state index in [0.29, 0.717) is 6.54 Å². The lowest BCUT2D eigenvalue weighted by atomic mass is 9.99. The Morgan fingerprint density at radius 2 is 2.05 bits per heavy atom. The zero-order chi connectivity index (χ0) is 13.9. The molecule has 1 aliphatic rings. The fraction of sp³-hybridized carbons (Fsp3) is 0.250. The van der Waals surface area contributed by atoms with Crippen molar-refractivity contribution in [1.29, 1.82) is 0 Å². The number of aromatic nitrogens is 1. The second-order valence-corrected chi connectivity index (χ2v) is 5.03. The molecule has 2 unspecified atom stereocenters. The standard InChI is InChI=1S/C16H17N3O/c1-11(12-6-8-17-9-7-12)19-16(20)14-10-18-15-5-3-2-4-13(14)15/h2-9,11,14,18H,10H2,1H3,(H,19,20). The number of carbonyl (C=O) groups is 1. The molecule has 1 aromatic heterocycles. The van der Waals surface area contributed by atoms with E-state index in [2.05, 4.69) is 15.6 Å². The van der Waals surface area contributed by atoms with Gasteiger partial charge >= 0.3 is 0 Å². The van der Waals surface area contributed by atoms with Crippen LogP contribution in [0.1, 0.15) is 30.0 Å². The summed E-state index contributed by atoms with van der Waals surface area (Å²) in [6.45, 7) is 2.65. The second kappa shape index (κ2) is 5.33. The van der Waals surface area contributed by atoms with Crippen molar-refractivity contribution in [1.82, 2.24) is 10.3 Å². The normalized spacial score (nSPS) is 17.9. The lowest BCUT2D eigenvalue weighted by Crippen LogP contribution is -2.32. The summed E-state index contributed by atoms with van der Waals surface area (Å²) in [4.78, 5) is 16.4. The Bertz CT molecular complexity index is 612. The molecule has 3 rings (SSSR count). The molecule has 20 heavy (non-hydrogen) atoms. The lowest BCUT2D eigenvalue weighted by molar-refractivity contribution is -0.122. The van der Waals surface area contributed by atoms with Crippen molar-refractivity contribution in [3.8, 4) is 0 Å². The fourth-order valence-corrected chi connectivity index (χ4v) is 2.57. The SMILES string of the molecule is CC(NC(=O)C1CNc2ccccc21)c1ccncc1. The Morgan fingerprint density at radius 3 is 2.85 bits per heavy atom. The molecule has 4 nitrogen and oxygen atoms in total. The first-order chi connectivity index (χ1) is 9.75. The van der Waals surface area contributed by atoms with Gasteiger partial charge in [-0.25, -0.2) is 0 Å². The van der Waals surface area contributed by atoms with E-state index >= 15 is 0 Å². The lowest BCUT2D eigenvalue weighted by Gasteiger charge is -2.17. The predicted molar refractivity (Wildman–Crippen MR) is 78.5 cm³/mol. The van der Waals surface area contributed by atoms with Crippen LogP contribution in [0.4, 0.5) is 5.69 Å². The van der Waals surface area contributed by atoms with Crippen molar-refractivity contribution in [2.45, 2.75) is 18.9 Å². The molecule has 2 aromatic rings. The highest BCUT2D eigenvalue weighted by molar-refractivity contribution is 5.88. The van der Waals surface area contributed by atoms with Crippen LogP contribution in [0.25, 0.3) is 0 Å². The van der Waals surface area contributed by atoms with E-state index in [4.69, 9.17) is 0 Å². The van der Waals surface area contributed by atoms with Crippen molar-refractivity contribution in [2.75, 3.05) is 11.9 Å². The minimum Gasteiger partial charge on any atom is -0.384 e. The Kier molecular flexibility index (Phi) is 3.37. The minimum atomic E-state index is -0.115. The summed E-state index contributed by atoms with van der Waals surface area (Å²) in [6.07, 6.45) is 3.48. The summed E-state index contributed by atoms with van der Waals surface area (Å²) in [5, 5.41) is 6.35. The topological polar surface area (TPSA) is 54.0 Å². The molecule has 1 aromatic carbocycles. The molecule has 0 fully saturated rings. The summed E-state index contributed by atoms with van der Waals surface area (Å²) in [5.41, 5.74) is 3.20. The number of nitrogens with zero attached hydrogens (tertiary/aromatic N) is 1. The first-order valence-electron chi connectivity index (χ1n) is 6.79. The number of para-hydroxylation sites is 1. The number of anilines is 1. The van der Waals surface area contributed by atoms with Crippen LogP contribution in [0.3, 0.4) is 0 Å². The largest absolute Gasteiger partial charge is 0.384 e. The highest BCUT2D eigenvalue weighted by Gasteiger charge is 2.28. The van der Waals surface area contributed by atoms with E-state index in [-0.39, 0.29) is 17.9 Å². The van der Waals surface area contributed by atoms with E-state index in [1.54, 1.807) is 12.4 Å². The summed E-state index contributed by atoms with van der Waals surface area (Å²) >= 11 is 0. The number of hydrogen-bond acceptors (Lipinski definition) is 3. The first kappa shape index (κ1) is 12.7. The van der Waals surface area contributed by atoms with Crippen LogP contribution < -0.4 is 10.6 Å². The van der Waals surface area contributed by atoms with Crippen molar-refractivity contribution in [3.05, 3.63) is 59.9 Å². The van der Waals surface area contributed by atoms with Crippen LogP contribution in [0, 0.1) is 0 Å². The Labute approximate surface area is 118 Å². The molecular weight excluding hydrogens is 250 g/mol. The van der Waals surface area contributed by atoms with Gasteiger partial charge in [0.25, 0.3) is 0 Å². The predicted octanol–water partition coefficient (Wildman–Crippen LogP) is 2.47. The van der Waals surface area contributed by atoms with Gasteiger partial charge in [0.1, 0.15) is 0 Å². The van der Waals surface area contributed by atoms with Crippen LogP contribution in [0.15, 0.2) is 48.8 Å². The minimum absolute atomic E-state index is 0.0155. The van der Waals surface area contributed by atoms with Gasteiger partial charge in [0.05, 0.1) is 12.0 Å². The monoisotopic (exact) mass is 267 g/mol. The van der Waals surface area contributed by atoms with Crippen molar-refractivity contribution in [3.63, 3.8) is 0 Å². The average Bonchev–Trinajstić information content (AvgIpc) is 2.92. The molecule has 0 spiro atoms. The van der Waals surface area contributed by atoms with E-state index in [1.165, 1.54) is 0 Å². The molecule has 0 aliphatic carbocycles. The third-order valence-corrected chi connectivity index (χ3v) is 3.71. The number of carbonyl (C=O) groups excluding carboxylic acids is 1. The molecule has 2 N–H and O–H groups in total. The van der Waals surface area contributed by atoms with Gasteiger partial charge < -0.3 is 10.6 Å². The number of hydrogen-bond donors (Lipinski definition) is 2. The average molecular weight is 267 g/mol. The molecule has 1 aliphatic heterocycles. The van der Waals surface area contributed by atoms with Crippen molar-refractivity contribution in [2.24, 2.45) is 0 Å². The highest BCUT2D eigenvalue weighted by Crippen LogP contribution is 2.31. The van der Waals surface area contributed by atoms with E-state index < -0.39 is 0 Å². The van der Waals surface area contributed by atoms with Gasteiger partial charge in [-0.2, -0.15) is 0 Å². The molecule has 2 heterocycles. The molecular formula is C16H17N3O. The van der Waals surface area contributed by atoms with Crippen LogP contribution in [-0.4, -0.2) is 17.4 Å². The number of rotatable bonds is 3. The molecule has 102 valence electrons. The smallest absolute Gasteiger partial charge is 0.229 e. The van der Waals surface area contributed by atoms with Gasteiger partial charge in [-0.1, -0.05) is 18.2 Å². The quantitative estimate of drug-likeness (QED) is 0.898. The zero-order valence-corrected chi connectivity index (χ0v) is 11.3. The van der Waals surface area contributed by atoms with Crippen LogP contribution in [-0.2, 0) is 4.79 Å². The number of pyridine rings is 1. The van der Waals surface area contributed by atoms with Crippen LogP contribution >= 0.6 is 0 Å². The third-order valence-electron chi connectivity index (χ3n) is 3.71. The fourth-order valence-electron chi connectivity index (χ4n) is 2.57. The summed E-state index contributed by atoms with van der Waals surface area (Å²) < 4.78 is 0. The molecule has 0 saturated heterocycles. The van der Waals surface area contributed by atoms with E-state index in [1.807, 2.05) is 43.3 Å². The summed E-state index contributed by atoms with van der Waals surface area (Å²) in [5.74, 6) is -0.0535. The number of nitrogens with one attached hydrogen (secondary N) is 2. The molecule has 0 bridgehead atoms. The van der Waals surface area contributed by atoms with E-state index in [9.17, 15) is 4.79 Å². The van der Waals surface area contributed by atoms with Gasteiger partial charge in [0.15, 0.2) is 0 Å². The number of fused-ring (bicyclic) bond motifs is 1. The maximum atomic E-state index is 12.4. The second-order valence-electron chi connectivity index (χ2n) is 5.03. The maximum Gasteiger partial charge on any atom is 0.229 e. The van der Waals surface area contributed by atoms with Crippen LogP contribution in [0.2, 0.25) is 0 Å². The molecule has 0 radical (unpaired) electrons. The van der Waals surface area contributed by atoms with Gasteiger partial charge in [0.2, 0.25) is 5.91 Å². The van der Waals surface area contributed by atoms with Gasteiger partial charge in [-0.3, -0.25) is 9.78 Å². The Morgan fingerprint density at radius 1 is 1.30 bits per heavy atom. The molecule has 4 heteroatoms. The molecule has 1 amide bonds. The van der Waals surface area contributed by atoms with Gasteiger partial charge in [0, 0.05) is 24.6 Å². The van der Waals surface area contributed by atoms with Gasteiger partial charge in [-0.05, 0) is 36.2 Å². The maximum absolute atomic E-state index is 12.4. The van der Waals surface area contributed by atoms with E-state index in [0.717, 1.165) is 16.8 Å². The Hall–Kier alpha value is -2.36. The van der Waals surface area contributed by atoms with Crippen LogP contribution in [0.5, 0.6) is 0 Å². The summed E-state index contributed by atoms with van der Waals surface area (Å²) in [7, 11) is 0. The molecule has 2 atom stereocenters. The first-order valence-corrected chi connectivity index (χ1v) is 6.79. The number of benzene rings is 1. The van der Waals surface area contributed by atoms with Crippen molar-refractivity contribution < 1.29 is 4.79 Å². The van der Waals surface area contributed by atoms with Gasteiger partial charge in [-0.15, -0.1) is 0 Å². The summed E-state index contributed by atoms with van der Waals surface area (Å²) in [6, 6.07) is 11.8. The number of amides is 1. The Balaban J connectivity index is 1.72.